The molecule has 0 rings (SSSR count). The zero-order valence-electron chi connectivity index (χ0n) is 32.9. The average Bonchev–Trinajstić information content (AvgIpc) is 3.03. The van der Waals surface area contributed by atoms with Crippen molar-refractivity contribution in [2.45, 2.75) is 216 Å². The maximum absolute atomic E-state index is 13.5. The molecule has 0 aromatic heterocycles. The molecule has 0 aliphatic rings. The number of unbranched alkanes of at least 4 members (excludes halogenated alkanes) is 24. The van der Waals surface area contributed by atoms with Crippen molar-refractivity contribution in [2.75, 3.05) is 19.8 Å². The van der Waals surface area contributed by atoms with Crippen molar-refractivity contribution in [3.8, 4) is 0 Å². The molecular weight excluding hydrogens is 787 g/mol. The fourth-order valence-electron chi connectivity index (χ4n) is 5.72. The molecule has 7 heteroatoms. The van der Waals surface area contributed by atoms with Crippen molar-refractivity contribution in [1.82, 2.24) is 5.09 Å². The Labute approximate surface area is 322 Å². The number of hydrogen-bond acceptors (Lipinski definition) is 3. The van der Waals surface area contributed by atoms with Crippen LogP contribution in [0.4, 0.5) is 0 Å². The Morgan fingerprint density at radius 3 is 1.08 bits per heavy atom. The van der Waals surface area contributed by atoms with Crippen LogP contribution in [-0.4, -0.2) is 33.3 Å². The number of nitrogens with one attached hydrogen (secondary N) is 1. The molecule has 0 unspecified atom stereocenters. The van der Waals surface area contributed by atoms with Crippen molar-refractivity contribution >= 4 is 21.3 Å². The monoisotopic (exact) mass is 871 g/mol. The minimum absolute atomic E-state index is 0. The first-order chi connectivity index (χ1) is 22.8. The van der Waals surface area contributed by atoms with Crippen molar-refractivity contribution in [3.63, 3.8) is 0 Å². The molecule has 4 nitrogen and oxygen atoms in total. The standard InChI is InChI=1S/C41H84AsNO3P.HI/c1-6-8-10-12-14-16-18-20-22-24-26-28-30-32-34-36-40-45-47(44,43-39-38-42(3,4)5)46-41-37-35-33-31-29-27-25-23-21-19-17-15-13-11-9-7-2;/h20-23H,6-19,24-41H2,1-5H3,(H,43,44);1H/q+1;/p-1/b22-20-,23-21-;. The predicted octanol–water partition coefficient (Wildman–Crippen LogP) is 12.1. The topological polar surface area (TPSA) is 47.6 Å². The molecule has 0 saturated heterocycles. The summed E-state index contributed by atoms with van der Waals surface area (Å²) in [5.41, 5.74) is 7.14. The van der Waals surface area contributed by atoms with E-state index < -0.39 is 21.3 Å². The smallest absolute Gasteiger partial charge is 1.00 e. The Morgan fingerprint density at radius 1 is 0.479 bits per heavy atom. The van der Waals surface area contributed by atoms with Crippen LogP contribution in [0.15, 0.2) is 24.3 Å². The summed E-state index contributed by atoms with van der Waals surface area (Å²) >= 11 is -1.55. The van der Waals surface area contributed by atoms with Gasteiger partial charge in [-0.2, -0.15) is 0 Å². The van der Waals surface area contributed by atoms with Gasteiger partial charge >= 0.3 is 159 Å². The Bertz CT molecular complexity index is 696. The van der Waals surface area contributed by atoms with Crippen LogP contribution < -0.4 is 29.1 Å². The second-order valence-corrected chi connectivity index (χ2v) is 27.3. The fourth-order valence-corrected chi connectivity index (χ4v) is 9.13. The van der Waals surface area contributed by atoms with Gasteiger partial charge in [0.25, 0.3) is 0 Å². The van der Waals surface area contributed by atoms with Gasteiger partial charge in [-0.1, -0.05) is 102 Å². The number of rotatable bonds is 38. The Balaban J connectivity index is 0. The summed E-state index contributed by atoms with van der Waals surface area (Å²) in [4.78, 5) is 0. The molecule has 0 amide bonds. The van der Waals surface area contributed by atoms with Crippen molar-refractivity contribution < 1.29 is 37.6 Å². The summed E-state index contributed by atoms with van der Waals surface area (Å²) in [6.07, 6.45) is 45.5. The summed E-state index contributed by atoms with van der Waals surface area (Å²) in [7, 11) is -3.22. The minimum atomic E-state index is -3.22. The normalized spacial score (nSPS) is 12.4. The van der Waals surface area contributed by atoms with Crippen LogP contribution in [0.25, 0.3) is 0 Å². The van der Waals surface area contributed by atoms with Gasteiger partial charge in [0, 0.05) is 0 Å². The number of halogens is 1. The van der Waals surface area contributed by atoms with E-state index in [2.05, 4.69) is 60.4 Å². The van der Waals surface area contributed by atoms with Gasteiger partial charge in [-0.25, -0.2) is 0 Å². The molecule has 48 heavy (non-hydrogen) atoms. The zero-order chi connectivity index (χ0) is 34.6. The van der Waals surface area contributed by atoms with Crippen LogP contribution in [0.5, 0.6) is 0 Å². The van der Waals surface area contributed by atoms with Crippen LogP contribution in [-0.2, 0) is 13.6 Å². The van der Waals surface area contributed by atoms with Gasteiger partial charge < -0.3 is 24.0 Å². The predicted molar refractivity (Wildman–Crippen MR) is 215 cm³/mol. The SMILES string of the molecule is CCCCCCCC/C=C\CCCCCCCCOP(=O)(NCC[As+](C)(C)C)OCCCCCCCC/C=C\CCCCCCCC.[I-]. The summed E-state index contributed by atoms with van der Waals surface area (Å²) in [6, 6.07) is 0. The van der Waals surface area contributed by atoms with Gasteiger partial charge in [0.2, 0.25) is 0 Å². The third-order valence-corrected chi connectivity index (χ3v) is 13.9. The van der Waals surface area contributed by atoms with Gasteiger partial charge in [0.05, 0.1) is 0 Å². The average molecular weight is 872 g/mol. The molecule has 288 valence electrons. The van der Waals surface area contributed by atoms with Crippen LogP contribution in [0.1, 0.15) is 194 Å². The molecule has 0 heterocycles. The zero-order valence-corrected chi connectivity index (χ0v) is 37.9. The Morgan fingerprint density at radius 2 is 0.771 bits per heavy atom. The second-order valence-electron chi connectivity index (χ2n) is 15.0. The molecule has 0 aliphatic carbocycles. The Kier molecular flexibility index (Phi) is 41.5. The first-order valence-corrected chi connectivity index (χ1v) is 29.1. The first-order valence-electron chi connectivity index (χ1n) is 20.6. The van der Waals surface area contributed by atoms with E-state index in [1.165, 1.54) is 154 Å². The van der Waals surface area contributed by atoms with Gasteiger partial charge in [0.15, 0.2) is 0 Å². The molecule has 0 aromatic rings. The van der Waals surface area contributed by atoms with E-state index >= 15 is 0 Å². The number of allylic oxidation sites excluding steroid dienone is 4. The summed E-state index contributed by atoms with van der Waals surface area (Å²) in [5.74, 6) is 0. The van der Waals surface area contributed by atoms with Crippen LogP contribution in [0, 0.1) is 0 Å². The molecule has 0 aromatic carbocycles. The second kappa shape index (κ2) is 39.1. The molecular formula is C41H84AsINO3P. The van der Waals surface area contributed by atoms with E-state index in [4.69, 9.17) is 9.05 Å². The molecule has 0 radical (unpaired) electrons. The molecule has 0 fully saturated rings. The maximum atomic E-state index is 13.5. The molecule has 0 bridgehead atoms. The van der Waals surface area contributed by atoms with Crippen LogP contribution in [0.2, 0.25) is 22.3 Å². The molecule has 0 saturated carbocycles. The van der Waals surface area contributed by atoms with Crippen LogP contribution in [0.3, 0.4) is 0 Å². The van der Waals surface area contributed by atoms with Crippen LogP contribution >= 0.6 is 7.75 Å². The van der Waals surface area contributed by atoms with Gasteiger partial charge in [0.1, 0.15) is 0 Å². The third kappa shape index (κ3) is 41.3. The van der Waals surface area contributed by atoms with Crippen molar-refractivity contribution in [3.05, 3.63) is 24.3 Å². The Hall–Kier alpha value is 0.878. The molecule has 0 aliphatic heterocycles. The quantitative estimate of drug-likeness (QED) is 0.0221. The van der Waals surface area contributed by atoms with E-state index in [0.29, 0.717) is 13.2 Å². The summed E-state index contributed by atoms with van der Waals surface area (Å²) in [5, 5.41) is 4.31. The first kappa shape index (κ1) is 51.0. The van der Waals surface area contributed by atoms with E-state index in [1.807, 2.05) is 0 Å². The van der Waals surface area contributed by atoms with E-state index in [9.17, 15) is 4.57 Å². The van der Waals surface area contributed by atoms with Gasteiger partial charge in [-0.05, 0) is 38.5 Å². The molecule has 0 atom stereocenters. The van der Waals surface area contributed by atoms with E-state index in [1.54, 1.807) is 0 Å². The van der Waals surface area contributed by atoms with E-state index in [0.717, 1.165) is 37.4 Å². The van der Waals surface area contributed by atoms with Gasteiger partial charge in [-0.3, -0.25) is 0 Å². The molecule has 0 spiro atoms. The number of hydrogen-bond donors (Lipinski definition) is 1. The van der Waals surface area contributed by atoms with Gasteiger partial charge in [-0.15, -0.1) is 0 Å². The molecule has 1 N–H and O–H groups in total. The minimum Gasteiger partial charge on any atom is -1.00 e. The third-order valence-electron chi connectivity index (χ3n) is 8.92. The summed E-state index contributed by atoms with van der Waals surface area (Å²) in [6.45, 7) is 6.34. The fraction of sp³-hybridized carbons (Fsp3) is 0.902. The van der Waals surface area contributed by atoms with Crippen molar-refractivity contribution in [2.24, 2.45) is 0 Å². The van der Waals surface area contributed by atoms with Crippen molar-refractivity contribution in [1.29, 1.82) is 0 Å². The van der Waals surface area contributed by atoms with E-state index in [-0.39, 0.29) is 24.0 Å². The summed E-state index contributed by atoms with van der Waals surface area (Å²) < 4.78 is 25.3.